The van der Waals surface area contributed by atoms with Gasteiger partial charge in [-0.3, -0.25) is 14.9 Å². The van der Waals surface area contributed by atoms with Crippen molar-refractivity contribution >= 4 is 40.5 Å². The molecule has 3 aromatic rings. The summed E-state index contributed by atoms with van der Waals surface area (Å²) in [4.78, 5) is 29.0. The van der Waals surface area contributed by atoms with E-state index in [0.717, 1.165) is 36.4 Å². The fourth-order valence-electron chi connectivity index (χ4n) is 3.72. The van der Waals surface area contributed by atoms with Crippen LogP contribution >= 0.6 is 12.2 Å². The van der Waals surface area contributed by atoms with Crippen molar-refractivity contribution in [2.75, 3.05) is 36.4 Å². The number of amides is 2. The molecular formula is C25H26N4O3S. The van der Waals surface area contributed by atoms with Gasteiger partial charge in [-0.2, -0.15) is 0 Å². The van der Waals surface area contributed by atoms with Gasteiger partial charge in [0, 0.05) is 43.1 Å². The van der Waals surface area contributed by atoms with Crippen LogP contribution in [0.15, 0.2) is 71.3 Å². The molecule has 0 spiro atoms. The largest absolute Gasteiger partial charge is 0.459 e. The molecule has 2 N–H and O–H groups in total. The van der Waals surface area contributed by atoms with E-state index in [4.69, 9.17) is 16.6 Å². The van der Waals surface area contributed by atoms with Gasteiger partial charge >= 0.3 is 0 Å². The Kier molecular flexibility index (Phi) is 7.04. The standard InChI is InChI=1S/C25H26N4O3S/c1-2-18-5-7-19(8-6-18)24(31)29-15-13-28(14-16-29)21-11-9-20(10-12-21)26-25(33)27-23(30)22-4-3-17-32-22/h3-12,17H,2,13-16H2,1H3,(H2,26,27,30,33). The number of hydrogen-bond donors (Lipinski definition) is 2. The SMILES string of the molecule is CCc1ccc(C(=O)N2CCN(c3ccc(NC(=S)NC(=O)c4ccco4)cc3)CC2)cc1. The molecule has 0 saturated carbocycles. The summed E-state index contributed by atoms with van der Waals surface area (Å²) in [5, 5.41) is 5.78. The molecule has 1 saturated heterocycles. The molecule has 7 nitrogen and oxygen atoms in total. The van der Waals surface area contributed by atoms with E-state index in [2.05, 4.69) is 22.5 Å². The molecule has 1 fully saturated rings. The average molecular weight is 463 g/mol. The highest BCUT2D eigenvalue weighted by Crippen LogP contribution is 2.20. The predicted octanol–water partition coefficient (Wildman–Crippen LogP) is 3.93. The molecule has 0 atom stereocenters. The van der Waals surface area contributed by atoms with Gasteiger partial charge in [0.1, 0.15) is 0 Å². The highest BCUT2D eigenvalue weighted by Gasteiger charge is 2.22. The van der Waals surface area contributed by atoms with Crippen LogP contribution in [0.2, 0.25) is 0 Å². The molecule has 8 heteroatoms. The van der Waals surface area contributed by atoms with Crippen LogP contribution in [0, 0.1) is 0 Å². The lowest BCUT2D eigenvalue weighted by molar-refractivity contribution is 0.0746. The second kappa shape index (κ2) is 10.3. The maximum Gasteiger partial charge on any atom is 0.293 e. The molecule has 1 aliphatic rings. The first-order valence-corrected chi connectivity index (χ1v) is 11.3. The quantitative estimate of drug-likeness (QED) is 0.560. The summed E-state index contributed by atoms with van der Waals surface area (Å²) in [6.45, 7) is 4.99. The molecule has 1 aromatic heterocycles. The summed E-state index contributed by atoms with van der Waals surface area (Å²) < 4.78 is 5.06. The Hall–Kier alpha value is -3.65. The third-order valence-corrected chi connectivity index (χ3v) is 5.84. The van der Waals surface area contributed by atoms with Crippen LogP contribution < -0.4 is 15.5 Å². The molecule has 4 rings (SSSR count). The number of carbonyl (C=O) groups excluding carboxylic acids is 2. The number of thiocarbonyl (C=S) groups is 1. The van der Waals surface area contributed by atoms with E-state index in [0.29, 0.717) is 13.1 Å². The van der Waals surface area contributed by atoms with Gasteiger partial charge < -0.3 is 19.5 Å². The average Bonchev–Trinajstić information content (AvgIpc) is 3.40. The molecule has 0 radical (unpaired) electrons. The highest BCUT2D eigenvalue weighted by molar-refractivity contribution is 7.80. The Labute approximate surface area is 198 Å². The number of rotatable bonds is 5. The topological polar surface area (TPSA) is 77.8 Å². The van der Waals surface area contributed by atoms with E-state index < -0.39 is 5.91 Å². The minimum atomic E-state index is -0.400. The molecule has 0 bridgehead atoms. The Morgan fingerprint density at radius 3 is 2.27 bits per heavy atom. The second-order valence-corrected chi connectivity index (χ2v) is 8.17. The number of hydrogen-bond acceptors (Lipinski definition) is 5. The van der Waals surface area contributed by atoms with Crippen molar-refractivity contribution in [3.05, 3.63) is 83.8 Å². The van der Waals surface area contributed by atoms with Crippen molar-refractivity contribution in [2.45, 2.75) is 13.3 Å². The van der Waals surface area contributed by atoms with Crippen molar-refractivity contribution < 1.29 is 14.0 Å². The minimum absolute atomic E-state index is 0.0851. The molecule has 2 amide bonds. The molecule has 0 unspecified atom stereocenters. The van der Waals surface area contributed by atoms with Crippen LogP contribution in [0.4, 0.5) is 11.4 Å². The van der Waals surface area contributed by atoms with Gasteiger partial charge in [-0.1, -0.05) is 19.1 Å². The number of aryl methyl sites for hydroxylation is 1. The fourth-order valence-corrected chi connectivity index (χ4v) is 3.93. The first-order chi connectivity index (χ1) is 16.0. The smallest absolute Gasteiger partial charge is 0.293 e. The van der Waals surface area contributed by atoms with Crippen molar-refractivity contribution in [3.8, 4) is 0 Å². The zero-order valence-corrected chi connectivity index (χ0v) is 19.2. The highest BCUT2D eigenvalue weighted by atomic mass is 32.1. The molecule has 1 aliphatic heterocycles. The molecule has 170 valence electrons. The summed E-state index contributed by atoms with van der Waals surface area (Å²) in [5.41, 5.74) is 3.82. The third-order valence-electron chi connectivity index (χ3n) is 5.64. The van der Waals surface area contributed by atoms with Crippen LogP contribution in [0.25, 0.3) is 0 Å². The second-order valence-electron chi connectivity index (χ2n) is 7.76. The minimum Gasteiger partial charge on any atom is -0.459 e. The maximum absolute atomic E-state index is 12.8. The normalized spacial score (nSPS) is 13.5. The van der Waals surface area contributed by atoms with Crippen LogP contribution in [0.5, 0.6) is 0 Å². The number of carbonyl (C=O) groups is 2. The summed E-state index contributed by atoms with van der Waals surface area (Å²) in [6, 6.07) is 18.9. The first kappa shape index (κ1) is 22.5. The van der Waals surface area contributed by atoms with Gasteiger partial charge in [0.2, 0.25) is 0 Å². The summed E-state index contributed by atoms with van der Waals surface area (Å²) >= 11 is 5.20. The monoisotopic (exact) mass is 462 g/mol. The number of benzene rings is 2. The lowest BCUT2D eigenvalue weighted by Gasteiger charge is -2.36. The number of nitrogens with one attached hydrogen (secondary N) is 2. The van der Waals surface area contributed by atoms with E-state index >= 15 is 0 Å². The number of piperazine rings is 1. The lowest BCUT2D eigenvalue weighted by atomic mass is 10.1. The Morgan fingerprint density at radius 2 is 1.67 bits per heavy atom. The first-order valence-electron chi connectivity index (χ1n) is 10.9. The number of anilines is 2. The summed E-state index contributed by atoms with van der Waals surface area (Å²) in [6.07, 6.45) is 2.40. The molecule has 2 aromatic carbocycles. The van der Waals surface area contributed by atoms with E-state index in [9.17, 15) is 9.59 Å². The van der Waals surface area contributed by atoms with Crippen LogP contribution in [0.3, 0.4) is 0 Å². The van der Waals surface area contributed by atoms with Gasteiger partial charge in [0.05, 0.1) is 6.26 Å². The van der Waals surface area contributed by atoms with Gasteiger partial charge in [-0.05, 0) is 72.7 Å². The van der Waals surface area contributed by atoms with E-state index in [1.54, 1.807) is 12.1 Å². The van der Waals surface area contributed by atoms with Crippen LogP contribution in [-0.2, 0) is 6.42 Å². The molecule has 0 aliphatic carbocycles. The summed E-state index contributed by atoms with van der Waals surface area (Å²) in [5.74, 6) is -0.116. The Balaban J connectivity index is 1.27. The lowest BCUT2D eigenvalue weighted by Crippen LogP contribution is -2.48. The zero-order valence-electron chi connectivity index (χ0n) is 18.4. The molecule has 33 heavy (non-hydrogen) atoms. The maximum atomic E-state index is 12.8. The zero-order chi connectivity index (χ0) is 23.2. The fraction of sp³-hybridized carbons (Fsp3) is 0.240. The van der Waals surface area contributed by atoms with Crippen molar-refractivity contribution in [1.29, 1.82) is 0 Å². The van der Waals surface area contributed by atoms with Crippen molar-refractivity contribution in [1.82, 2.24) is 10.2 Å². The van der Waals surface area contributed by atoms with E-state index in [1.807, 2.05) is 53.4 Å². The number of nitrogens with zero attached hydrogens (tertiary/aromatic N) is 2. The van der Waals surface area contributed by atoms with Crippen LogP contribution in [0.1, 0.15) is 33.4 Å². The van der Waals surface area contributed by atoms with Gasteiger partial charge in [-0.25, -0.2) is 0 Å². The third kappa shape index (κ3) is 5.59. The van der Waals surface area contributed by atoms with E-state index in [1.165, 1.54) is 11.8 Å². The van der Waals surface area contributed by atoms with Gasteiger partial charge in [-0.15, -0.1) is 0 Å². The van der Waals surface area contributed by atoms with Gasteiger partial charge in [0.25, 0.3) is 11.8 Å². The van der Waals surface area contributed by atoms with E-state index in [-0.39, 0.29) is 16.8 Å². The predicted molar refractivity (Wildman–Crippen MR) is 133 cm³/mol. The van der Waals surface area contributed by atoms with Gasteiger partial charge in [0.15, 0.2) is 10.9 Å². The van der Waals surface area contributed by atoms with Crippen LogP contribution in [-0.4, -0.2) is 48.0 Å². The Morgan fingerprint density at radius 1 is 0.970 bits per heavy atom. The Bertz CT molecular complexity index is 1100. The summed E-state index contributed by atoms with van der Waals surface area (Å²) in [7, 11) is 0. The van der Waals surface area contributed by atoms with Crippen molar-refractivity contribution in [2.24, 2.45) is 0 Å². The molecule has 2 heterocycles. The number of furan rings is 1. The molecular weight excluding hydrogens is 436 g/mol. The van der Waals surface area contributed by atoms with Crippen molar-refractivity contribution in [3.63, 3.8) is 0 Å².